The molecule has 2 nitrogen and oxygen atoms in total. The van der Waals surface area contributed by atoms with E-state index in [1.165, 1.54) is 0 Å². The predicted molar refractivity (Wildman–Crippen MR) is 68.6 cm³/mol. The van der Waals surface area contributed by atoms with Gasteiger partial charge in [0.15, 0.2) is 8.32 Å². The lowest BCUT2D eigenvalue weighted by atomic mass is 10.1. The van der Waals surface area contributed by atoms with Crippen LogP contribution in [0.2, 0.25) is 18.1 Å². The standard InChI is InChI=1S/C12H28O2Si/c1-10(2)8-11(13)9-14-15(6,7)12(3,4)5/h10-11,13H,8-9H2,1-7H3/t11-/m1/s1. The van der Waals surface area contributed by atoms with Gasteiger partial charge in [0, 0.05) is 0 Å². The summed E-state index contributed by atoms with van der Waals surface area (Å²) in [4.78, 5) is 0. The number of aliphatic hydroxyl groups is 1. The highest BCUT2D eigenvalue weighted by Gasteiger charge is 2.37. The molecule has 0 heterocycles. The number of aliphatic hydroxyl groups excluding tert-OH is 1. The van der Waals surface area contributed by atoms with E-state index in [0.29, 0.717) is 12.5 Å². The fraction of sp³-hybridized carbons (Fsp3) is 1.00. The molecule has 0 aromatic carbocycles. The minimum Gasteiger partial charge on any atom is -0.414 e. The highest BCUT2D eigenvalue weighted by Crippen LogP contribution is 2.36. The average Bonchev–Trinajstić information content (AvgIpc) is 1.97. The molecule has 1 N–H and O–H groups in total. The number of hydrogen-bond acceptors (Lipinski definition) is 2. The van der Waals surface area contributed by atoms with Gasteiger partial charge in [-0.3, -0.25) is 0 Å². The largest absolute Gasteiger partial charge is 0.414 e. The summed E-state index contributed by atoms with van der Waals surface area (Å²) in [5.41, 5.74) is 0. The first kappa shape index (κ1) is 15.1. The minimum absolute atomic E-state index is 0.227. The van der Waals surface area contributed by atoms with Gasteiger partial charge in [-0.05, 0) is 30.5 Å². The third-order valence-electron chi connectivity index (χ3n) is 3.19. The molecule has 0 bridgehead atoms. The first-order chi connectivity index (χ1) is 6.56. The van der Waals surface area contributed by atoms with Crippen LogP contribution >= 0.6 is 0 Å². The van der Waals surface area contributed by atoms with E-state index in [0.717, 1.165) is 6.42 Å². The van der Waals surface area contributed by atoms with Crippen LogP contribution in [0.25, 0.3) is 0 Å². The molecule has 3 heteroatoms. The Hall–Kier alpha value is 0.137. The molecule has 0 amide bonds. The van der Waals surface area contributed by atoms with E-state index in [1.807, 2.05) is 0 Å². The lowest BCUT2D eigenvalue weighted by molar-refractivity contribution is 0.0827. The molecule has 0 fully saturated rings. The Morgan fingerprint density at radius 3 is 2.00 bits per heavy atom. The maximum Gasteiger partial charge on any atom is 0.192 e. The van der Waals surface area contributed by atoms with Gasteiger partial charge in [0.2, 0.25) is 0 Å². The van der Waals surface area contributed by atoms with Crippen molar-refractivity contribution in [2.75, 3.05) is 6.61 Å². The van der Waals surface area contributed by atoms with Crippen molar-refractivity contribution in [2.24, 2.45) is 5.92 Å². The Balaban J connectivity index is 4.04. The van der Waals surface area contributed by atoms with Crippen molar-refractivity contribution in [3.05, 3.63) is 0 Å². The molecular weight excluding hydrogens is 204 g/mol. The zero-order valence-corrected chi connectivity index (χ0v) is 12.4. The van der Waals surface area contributed by atoms with Crippen molar-refractivity contribution in [3.8, 4) is 0 Å². The highest BCUT2D eigenvalue weighted by atomic mass is 28.4. The molecule has 15 heavy (non-hydrogen) atoms. The van der Waals surface area contributed by atoms with Crippen LogP contribution in [0.3, 0.4) is 0 Å². The molecule has 0 radical (unpaired) electrons. The average molecular weight is 232 g/mol. The van der Waals surface area contributed by atoms with Crippen molar-refractivity contribution >= 4 is 8.32 Å². The zero-order valence-electron chi connectivity index (χ0n) is 11.4. The van der Waals surface area contributed by atoms with Crippen molar-refractivity contribution < 1.29 is 9.53 Å². The number of hydrogen-bond donors (Lipinski definition) is 1. The van der Waals surface area contributed by atoms with E-state index >= 15 is 0 Å². The van der Waals surface area contributed by atoms with Crippen LogP contribution in [0.4, 0.5) is 0 Å². The van der Waals surface area contributed by atoms with Gasteiger partial charge in [0.1, 0.15) is 0 Å². The Morgan fingerprint density at radius 1 is 1.20 bits per heavy atom. The van der Waals surface area contributed by atoms with E-state index < -0.39 is 8.32 Å². The Morgan fingerprint density at radius 2 is 1.67 bits per heavy atom. The second kappa shape index (κ2) is 5.46. The van der Waals surface area contributed by atoms with Crippen molar-refractivity contribution in [1.29, 1.82) is 0 Å². The fourth-order valence-electron chi connectivity index (χ4n) is 1.13. The van der Waals surface area contributed by atoms with Crippen LogP contribution < -0.4 is 0 Å². The van der Waals surface area contributed by atoms with Gasteiger partial charge in [0.25, 0.3) is 0 Å². The molecule has 0 aromatic heterocycles. The quantitative estimate of drug-likeness (QED) is 0.736. The van der Waals surface area contributed by atoms with Gasteiger partial charge in [-0.1, -0.05) is 34.6 Å². The fourth-order valence-corrected chi connectivity index (χ4v) is 2.18. The molecule has 0 unspecified atom stereocenters. The topological polar surface area (TPSA) is 29.5 Å². The van der Waals surface area contributed by atoms with Crippen LogP contribution in [0.15, 0.2) is 0 Å². The summed E-state index contributed by atoms with van der Waals surface area (Å²) in [6.45, 7) is 15.8. The highest BCUT2D eigenvalue weighted by molar-refractivity contribution is 6.74. The lowest BCUT2D eigenvalue weighted by Crippen LogP contribution is -2.42. The molecule has 0 spiro atoms. The molecule has 0 aliphatic carbocycles. The van der Waals surface area contributed by atoms with Crippen LogP contribution in [0.1, 0.15) is 41.0 Å². The summed E-state index contributed by atoms with van der Waals surface area (Å²) >= 11 is 0. The molecule has 92 valence electrons. The van der Waals surface area contributed by atoms with Gasteiger partial charge in [0.05, 0.1) is 12.7 Å². The Bertz CT molecular complexity index is 183. The van der Waals surface area contributed by atoms with Gasteiger partial charge >= 0.3 is 0 Å². The van der Waals surface area contributed by atoms with E-state index in [4.69, 9.17) is 4.43 Å². The molecule has 0 saturated carbocycles. The van der Waals surface area contributed by atoms with Crippen LogP contribution in [0, 0.1) is 5.92 Å². The molecule has 0 aromatic rings. The van der Waals surface area contributed by atoms with E-state index in [9.17, 15) is 5.11 Å². The van der Waals surface area contributed by atoms with Crippen LogP contribution in [0.5, 0.6) is 0 Å². The molecule has 1 atom stereocenters. The maximum absolute atomic E-state index is 9.75. The van der Waals surface area contributed by atoms with E-state index in [1.54, 1.807) is 0 Å². The molecule has 0 aliphatic rings. The SMILES string of the molecule is CC(C)C[C@@H](O)CO[Si](C)(C)C(C)(C)C. The summed E-state index contributed by atoms with van der Waals surface area (Å²) in [5, 5.41) is 9.97. The normalized spacial score (nSPS) is 15.8. The third-order valence-corrected chi connectivity index (χ3v) is 7.69. The molecule has 0 saturated heterocycles. The molecular formula is C12H28O2Si. The summed E-state index contributed by atoms with van der Waals surface area (Å²) in [7, 11) is -1.68. The van der Waals surface area contributed by atoms with Crippen molar-refractivity contribution in [1.82, 2.24) is 0 Å². The first-order valence-electron chi connectivity index (χ1n) is 5.88. The van der Waals surface area contributed by atoms with Crippen molar-refractivity contribution in [2.45, 2.75) is 65.3 Å². The Kier molecular flexibility index (Phi) is 5.51. The lowest BCUT2D eigenvalue weighted by Gasteiger charge is -2.36. The van der Waals surface area contributed by atoms with Crippen LogP contribution in [-0.4, -0.2) is 26.1 Å². The third kappa shape index (κ3) is 5.69. The van der Waals surface area contributed by atoms with Gasteiger partial charge < -0.3 is 9.53 Å². The van der Waals surface area contributed by atoms with Crippen molar-refractivity contribution in [3.63, 3.8) is 0 Å². The van der Waals surface area contributed by atoms with E-state index in [-0.39, 0.29) is 11.1 Å². The van der Waals surface area contributed by atoms with Crippen LogP contribution in [-0.2, 0) is 4.43 Å². The van der Waals surface area contributed by atoms with E-state index in [2.05, 4.69) is 47.7 Å². The second-order valence-electron chi connectivity index (χ2n) is 6.35. The smallest absolute Gasteiger partial charge is 0.192 e. The minimum atomic E-state index is -1.68. The monoisotopic (exact) mass is 232 g/mol. The van der Waals surface area contributed by atoms with Gasteiger partial charge in [-0.25, -0.2) is 0 Å². The van der Waals surface area contributed by atoms with Gasteiger partial charge in [-0.15, -0.1) is 0 Å². The summed E-state index contributed by atoms with van der Waals surface area (Å²) in [5.74, 6) is 0.531. The molecule has 0 aliphatic heterocycles. The number of rotatable bonds is 5. The summed E-state index contributed by atoms with van der Waals surface area (Å²) in [6, 6.07) is 0. The first-order valence-corrected chi connectivity index (χ1v) is 8.79. The summed E-state index contributed by atoms with van der Waals surface area (Å²) < 4.78 is 5.95. The molecule has 0 rings (SSSR count). The maximum atomic E-state index is 9.75. The Labute approximate surface area is 96.2 Å². The second-order valence-corrected chi connectivity index (χ2v) is 11.2. The zero-order chi connectivity index (χ0) is 12.3. The van der Waals surface area contributed by atoms with Gasteiger partial charge in [-0.2, -0.15) is 0 Å². The summed E-state index contributed by atoms with van der Waals surface area (Å²) in [6.07, 6.45) is 0.522. The predicted octanol–water partition coefficient (Wildman–Crippen LogP) is 3.42.